The zero-order chi connectivity index (χ0) is 13.8. The molecule has 1 atom stereocenters. The number of amides is 1. The normalized spacial score (nSPS) is 12.2. The fourth-order valence-corrected chi connectivity index (χ4v) is 2.33. The summed E-state index contributed by atoms with van der Waals surface area (Å²) in [5.41, 5.74) is 0.846. The molecule has 0 bridgehead atoms. The molecule has 0 saturated heterocycles. The number of carbonyl (C=O) groups is 1. The minimum atomic E-state index is -0.673. The number of anilines is 1. The Morgan fingerprint density at radius 1 is 1.53 bits per heavy atom. The molecule has 19 heavy (non-hydrogen) atoms. The van der Waals surface area contributed by atoms with Crippen LogP contribution in [0, 0.1) is 5.82 Å². The van der Waals surface area contributed by atoms with Gasteiger partial charge in [-0.15, -0.1) is 11.3 Å². The number of halogens is 1. The average molecular weight is 280 g/mol. The Balaban J connectivity index is 1.99. The second-order valence-electron chi connectivity index (χ2n) is 4.07. The number of rotatable bonds is 4. The van der Waals surface area contributed by atoms with Gasteiger partial charge in [-0.1, -0.05) is 18.2 Å². The maximum absolute atomic E-state index is 13.4. The smallest absolute Gasteiger partial charge is 0.230 e. The van der Waals surface area contributed by atoms with Crippen molar-refractivity contribution in [3.05, 3.63) is 46.7 Å². The standard InChI is InChI=1S/C13H13FN2O2S/c1-8(17)11-7-19-13(15-11)16-12(18)6-9-4-2-3-5-10(9)14/h2-5,7-8,17H,6H2,1H3,(H,15,16,18). The lowest BCUT2D eigenvalue weighted by Gasteiger charge is -2.03. The van der Waals surface area contributed by atoms with Crippen molar-refractivity contribution in [1.29, 1.82) is 0 Å². The zero-order valence-corrected chi connectivity index (χ0v) is 11.1. The number of aliphatic hydroxyl groups is 1. The van der Waals surface area contributed by atoms with Crippen LogP contribution in [0.25, 0.3) is 0 Å². The highest BCUT2D eigenvalue weighted by molar-refractivity contribution is 7.13. The summed E-state index contributed by atoms with van der Waals surface area (Å²) in [6.45, 7) is 1.60. The Bertz CT molecular complexity index is 584. The number of hydrogen-bond donors (Lipinski definition) is 2. The van der Waals surface area contributed by atoms with E-state index in [2.05, 4.69) is 10.3 Å². The zero-order valence-electron chi connectivity index (χ0n) is 10.3. The molecule has 2 rings (SSSR count). The summed E-state index contributed by atoms with van der Waals surface area (Å²) in [6, 6.07) is 6.14. The molecule has 1 heterocycles. The predicted octanol–water partition coefficient (Wildman–Crippen LogP) is 2.52. The van der Waals surface area contributed by atoms with Crippen molar-refractivity contribution in [2.24, 2.45) is 0 Å². The second kappa shape index (κ2) is 5.90. The molecule has 2 aromatic rings. The van der Waals surface area contributed by atoms with Crippen LogP contribution in [0.15, 0.2) is 29.6 Å². The third-order valence-corrected chi connectivity index (χ3v) is 3.28. The number of benzene rings is 1. The van der Waals surface area contributed by atoms with E-state index in [0.29, 0.717) is 16.4 Å². The number of nitrogens with one attached hydrogen (secondary N) is 1. The molecular formula is C13H13FN2O2S. The van der Waals surface area contributed by atoms with E-state index in [1.165, 1.54) is 17.4 Å². The van der Waals surface area contributed by atoms with Crippen molar-refractivity contribution in [3.63, 3.8) is 0 Å². The summed E-state index contributed by atoms with van der Waals surface area (Å²) in [4.78, 5) is 15.8. The fraction of sp³-hybridized carbons (Fsp3) is 0.231. The average Bonchev–Trinajstić information content (AvgIpc) is 2.80. The van der Waals surface area contributed by atoms with E-state index in [9.17, 15) is 14.3 Å². The molecule has 0 radical (unpaired) electrons. The summed E-state index contributed by atoms with van der Waals surface area (Å²) in [5, 5.41) is 14.0. The van der Waals surface area contributed by atoms with Crippen LogP contribution in [0.5, 0.6) is 0 Å². The van der Waals surface area contributed by atoms with E-state index < -0.39 is 11.9 Å². The molecule has 1 aromatic heterocycles. The third kappa shape index (κ3) is 3.59. The van der Waals surface area contributed by atoms with E-state index in [4.69, 9.17) is 0 Å². The largest absolute Gasteiger partial charge is 0.387 e. The molecule has 100 valence electrons. The van der Waals surface area contributed by atoms with Gasteiger partial charge in [0.25, 0.3) is 0 Å². The number of aromatic nitrogens is 1. The highest BCUT2D eigenvalue weighted by atomic mass is 32.1. The molecule has 2 N–H and O–H groups in total. The monoisotopic (exact) mass is 280 g/mol. The minimum Gasteiger partial charge on any atom is -0.387 e. The van der Waals surface area contributed by atoms with Gasteiger partial charge < -0.3 is 10.4 Å². The summed E-state index contributed by atoms with van der Waals surface area (Å²) in [6.07, 6.45) is -0.718. The molecule has 0 saturated carbocycles. The summed E-state index contributed by atoms with van der Waals surface area (Å²) >= 11 is 1.22. The molecule has 0 aliphatic rings. The van der Waals surface area contributed by atoms with E-state index in [1.807, 2.05) is 0 Å². The van der Waals surface area contributed by atoms with Crippen LogP contribution in [0.1, 0.15) is 24.3 Å². The van der Waals surface area contributed by atoms with Crippen LogP contribution < -0.4 is 5.32 Å². The molecule has 1 amide bonds. The van der Waals surface area contributed by atoms with Crippen LogP contribution in [0.4, 0.5) is 9.52 Å². The molecule has 0 fully saturated rings. The third-order valence-electron chi connectivity index (χ3n) is 2.51. The lowest BCUT2D eigenvalue weighted by Crippen LogP contribution is -2.15. The Kier molecular flexibility index (Phi) is 4.24. The van der Waals surface area contributed by atoms with Gasteiger partial charge in [-0.25, -0.2) is 9.37 Å². The topological polar surface area (TPSA) is 62.2 Å². The lowest BCUT2D eigenvalue weighted by molar-refractivity contribution is -0.115. The van der Waals surface area contributed by atoms with E-state index >= 15 is 0 Å². The number of nitrogens with zero attached hydrogens (tertiary/aromatic N) is 1. The molecule has 4 nitrogen and oxygen atoms in total. The Hall–Kier alpha value is -1.79. The van der Waals surface area contributed by atoms with Gasteiger partial charge in [-0.2, -0.15) is 0 Å². The first-order valence-corrected chi connectivity index (χ1v) is 6.61. The van der Waals surface area contributed by atoms with Gasteiger partial charge >= 0.3 is 0 Å². The predicted molar refractivity (Wildman–Crippen MR) is 71.5 cm³/mol. The van der Waals surface area contributed by atoms with Crippen molar-refractivity contribution in [3.8, 4) is 0 Å². The van der Waals surface area contributed by atoms with Crippen LogP contribution in [-0.4, -0.2) is 16.0 Å². The maximum atomic E-state index is 13.4. The molecule has 0 spiro atoms. The van der Waals surface area contributed by atoms with Crippen LogP contribution in [0.3, 0.4) is 0 Å². The number of carbonyl (C=O) groups excluding carboxylic acids is 1. The maximum Gasteiger partial charge on any atom is 0.230 e. The Morgan fingerprint density at radius 3 is 2.89 bits per heavy atom. The van der Waals surface area contributed by atoms with Crippen LogP contribution >= 0.6 is 11.3 Å². The molecule has 0 aliphatic heterocycles. The Morgan fingerprint density at radius 2 is 2.26 bits per heavy atom. The first kappa shape index (κ1) is 13.6. The minimum absolute atomic E-state index is 0.0454. The van der Waals surface area contributed by atoms with E-state index in [-0.39, 0.29) is 12.3 Å². The highest BCUT2D eigenvalue weighted by Gasteiger charge is 2.11. The summed E-state index contributed by atoms with van der Waals surface area (Å²) in [7, 11) is 0. The quantitative estimate of drug-likeness (QED) is 0.904. The second-order valence-corrected chi connectivity index (χ2v) is 4.93. The number of aliphatic hydroxyl groups excluding tert-OH is 1. The molecule has 6 heteroatoms. The van der Waals surface area contributed by atoms with Gasteiger partial charge in [0, 0.05) is 5.38 Å². The summed E-state index contributed by atoms with van der Waals surface area (Å²) in [5.74, 6) is -0.738. The molecule has 1 unspecified atom stereocenters. The van der Waals surface area contributed by atoms with Crippen molar-refractivity contribution in [1.82, 2.24) is 4.98 Å². The van der Waals surface area contributed by atoms with Gasteiger partial charge in [0.1, 0.15) is 5.82 Å². The first-order chi connectivity index (χ1) is 9.06. The van der Waals surface area contributed by atoms with E-state index in [0.717, 1.165) is 0 Å². The van der Waals surface area contributed by atoms with Gasteiger partial charge in [0.2, 0.25) is 5.91 Å². The molecule has 0 aliphatic carbocycles. The SMILES string of the molecule is CC(O)c1csc(NC(=O)Cc2ccccc2F)n1. The van der Waals surface area contributed by atoms with Crippen molar-refractivity contribution in [2.75, 3.05) is 5.32 Å². The number of hydrogen-bond acceptors (Lipinski definition) is 4. The van der Waals surface area contributed by atoms with Crippen molar-refractivity contribution < 1.29 is 14.3 Å². The molecule has 1 aromatic carbocycles. The van der Waals surface area contributed by atoms with Crippen molar-refractivity contribution >= 4 is 22.4 Å². The Labute approximate surface area is 113 Å². The van der Waals surface area contributed by atoms with Crippen molar-refractivity contribution in [2.45, 2.75) is 19.4 Å². The summed E-state index contributed by atoms with van der Waals surface area (Å²) < 4.78 is 13.4. The van der Waals surface area contributed by atoms with Gasteiger partial charge in [0.05, 0.1) is 18.2 Å². The first-order valence-electron chi connectivity index (χ1n) is 5.73. The fourth-order valence-electron chi connectivity index (χ4n) is 1.51. The van der Waals surface area contributed by atoms with Gasteiger partial charge in [-0.05, 0) is 18.6 Å². The van der Waals surface area contributed by atoms with Gasteiger partial charge in [-0.3, -0.25) is 4.79 Å². The lowest BCUT2D eigenvalue weighted by atomic mass is 10.1. The number of thiazole rings is 1. The molecular weight excluding hydrogens is 267 g/mol. The van der Waals surface area contributed by atoms with Crippen LogP contribution in [-0.2, 0) is 11.2 Å². The van der Waals surface area contributed by atoms with Gasteiger partial charge in [0.15, 0.2) is 5.13 Å². The van der Waals surface area contributed by atoms with E-state index in [1.54, 1.807) is 30.5 Å². The highest BCUT2D eigenvalue weighted by Crippen LogP contribution is 2.20. The van der Waals surface area contributed by atoms with Crippen LogP contribution in [0.2, 0.25) is 0 Å².